The van der Waals surface area contributed by atoms with Gasteiger partial charge in [-0.2, -0.15) is 0 Å². The first kappa shape index (κ1) is 119. The van der Waals surface area contributed by atoms with Crippen molar-refractivity contribution in [3.05, 3.63) is 239 Å². The summed E-state index contributed by atoms with van der Waals surface area (Å²) in [5.74, 6) is 1.24. The smallest absolute Gasteiger partial charge is 0.336 e. The number of carbonyl (C=O) groups excluding carboxylic acids is 4. The van der Waals surface area contributed by atoms with Gasteiger partial charge in [-0.05, 0) is 262 Å². The molecule has 0 aliphatic rings. The second-order valence-electron chi connectivity index (χ2n) is 53.4. The summed E-state index contributed by atoms with van der Waals surface area (Å²) in [5.41, 5.74) is 17.8. The van der Waals surface area contributed by atoms with E-state index >= 15 is 0 Å². The van der Waals surface area contributed by atoms with Crippen LogP contribution < -0.4 is 38.6 Å². The molecule has 0 spiro atoms. The van der Waals surface area contributed by atoms with Gasteiger partial charge in [-0.25, -0.2) is 28.1 Å². The number of phenols is 6. The molecule has 10 N–H and O–H groups in total. The summed E-state index contributed by atoms with van der Waals surface area (Å²) in [7, 11) is 0. The molecule has 780 valence electrons. The summed E-state index contributed by atoms with van der Waals surface area (Å²) in [6.45, 7) is 85.7. The minimum absolute atomic E-state index is 0.0189. The van der Waals surface area contributed by atoms with Crippen molar-refractivity contribution in [2.24, 2.45) is 0 Å². The number of hydrazine groups is 1. The first-order valence-electron chi connectivity index (χ1n) is 51.3. The average Bonchev–Trinajstić information content (AvgIpc) is 0.748. The second-order valence-corrected chi connectivity index (χ2v) is 53.4. The highest BCUT2D eigenvalue weighted by Crippen LogP contribution is 2.47. The highest BCUT2D eigenvalue weighted by molar-refractivity contribution is 5.82. The van der Waals surface area contributed by atoms with Gasteiger partial charge in [0.15, 0.2) is 0 Å². The number of nitrogens with zero attached hydrogens (tertiary/aromatic N) is 3. The lowest BCUT2D eigenvalue weighted by Gasteiger charge is -2.28. The molecule has 0 unspecified atom stereocenters. The van der Waals surface area contributed by atoms with Gasteiger partial charge in [-0.3, -0.25) is 30.0 Å². The molecule has 1 aromatic heterocycles. The van der Waals surface area contributed by atoms with Crippen LogP contribution in [0.25, 0.3) is 0 Å². The van der Waals surface area contributed by atoms with Crippen LogP contribution in [0.15, 0.2) is 105 Å². The Morgan fingerprint density at radius 2 is 0.426 bits per heavy atom. The molecule has 8 rings (SSSR count). The molecule has 0 bridgehead atoms. The number of carbonyl (C=O) groups is 4. The molecule has 0 fully saturated rings. The largest absolute Gasteiger partial charge is 0.507 e. The first-order valence-corrected chi connectivity index (χ1v) is 51.3. The highest BCUT2D eigenvalue weighted by Gasteiger charge is 2.36. The van der Waals surface area contributed by atoms with E-state index in [9.17, 15) is 64.2 Å². The third kappa shape index (κ3) is 33.3. The average molecular weight is 1940 g/mol. The number of unbranched alkanes of at least 4 members (excludes halogenated alkanes) is 3. The maximum absolute atomic E-state index is 14.6. The van der Waals surface area contributed by atoms with Crippen LogP contribution in [0.4, 0.5) is 0 Å². The monoisotopic (exact) mass is 1940 g/mol. The number of aromatic nitrogens is 3. The Morgan fingerprint density at radius 3 is 0.624 bits per heavy atom. The Bertz CT molecular complexity index is 5520. The van der Waals surface area contributed by atoms with Gasteiger partial charge in [0.25, 0.3) is 0 Å². The molecule has 20 nitrogen and oxygen atoms in total. The molecule has 1 heterocycles. The standard InChI is InChI=1S/C47H67N3O6.C40H64N2O4.C34H52N2O3/c1-27(2)31-18-28(19-32(37(31)51)43(3,4)5)24-48-40(54)49(25-29-20-33(44(6,7)8)38(52)34(21-29)45(9,10)11)42(56)50(41(48)55)26-30-22-35(46(12,13)14)39(53)36(23-30)47(15,16)17;1-37(2,3)29-23-27(24-30(35(29)45)38(4,5)6)17-19-33(43)41-21-15-13-14-16-22-42-34(44)20-18-28-25-31(39(7,8)9)36(46)32(26-28)40(10,11)12;1-31(2,3)24-17-22(18-25(21-24)32(4,5)6)13-15-28(37)35-36-29(38)16-14-23-19-26(33(7,8)9)30(39)27(20-23)34(10,11)12/h18-23,27,51-53H,24-26H2,1-17H3;23-26,45-46H,13-22H2,1-12H3,(H,41,43)(H,42,44);17-21,39H,13-16H2,1-12H3,(H,35,37)(H,36,38). The number of benzene rings is 7. The molecule has 0 saturated carbocycles. The predicted octanol–water partition coefficient (Wildman–Crippen LogP) is 25.0. The van der Waals surface area contributed by atoms with E-state index in [2.05, 4.69) is 230 Å². The molecular weight excluding hydrogens is 1760 g/mol. The minimum Gasteiger partial charge on any atom is -0.507 e. The van der Waals surface area contributed by atoms with E-state index in [1.165, 1.54) is 11.1 Å². The zero-order valence-electron chi connectivity index (χ0n) is 94.6. The van der Waals surface area contributed by atoms with Crippen LogP contribution in [0.3, 0.4) is 0 Å². The molecule has 4 amide bonds. The van der Waals surface area contributed by atoms with E-state index < -0.39 is 44.1 Å². The number of aromatic hydroxyl groups is 6. The Morgan fingerprint density at radius 1 is 0.241 bits per heavy atom. The topological polar surface area (TPSA) is 304 Å². The van der Waals surface area contributed by atoms with Gasteiger partial charge < -0.3 is 41.3 Å². The highest BCUT2D eigenvalue weighted by atomic mass is 16.3. The lowest BCUT2D eigenvalue weighted by Crippen LogP contribution is -2.55. The number of hydrogen-bond donors (Lipinski definition) is 10. The summed E-state index contributed by atoms with van der Waals surface area (Å²) < 4.78 is 3.32. The van der Waals surface area contributed by atoms with E-state index in [4.69, 9.17) is 0 Å². The van der Waals surface area contributed by atoms with Crippen LogP contribution in [-0.4, -0.2) is 81.1 Å². The predicted molar refractivity (Wildman–Crippen MR) is 583 cm³/mol. The van der Waals surface area contributed by atoms with Crippen molar-refractivity contribution in [3.8, 4) is 34.5 Å². The fourth-order valence-corrected chi connectivity index (χ4v) is 17.5. The number of rotatable bonds is 26. The van der Waals surface area contributed by atoms with Gasteiger partial charge in [-0.1, -0.05) is 357 Å². The van der Waals surface area contributed by atoms with Gasteiger partial charge in [-0.15, -0.1) is 0 Å². The fourth-order valence-electron chi connectivity index (χ4n) is 17.5. The Hall–Kier alpha value is -10.4. The number of amides is 4. The van der Waals surface area contributed by atoms with Crippen molar-refractivity contribution in [2.45, 2.75) is 457 Å². The molecule has 7 aromatic carbocycles. The molecule has 0 aliphatic carbocycles. The molecule has 8 aromatic rings. The van der Waals surface area contributed by atoms with Gasteiger partial charge in [0.05, 0.1) is 19.6 Å². The minimum atomic E-state index is -0.759. The van der Waals surface area contributed by atoms with E-state index in [1.54, 1.807) is 0 Å². The molecule has 0 radical (unpaired) electrons. The van der Waals surface area contributed by atoms with Crippen molar-refractivity contribution in [1.82, 2.24) is 35.2 Å². The summed E-state index contributed by atoms with van der Waals surface area (Å²) in [6, 6.07) is 29.9. The SMILES string of the molecule is CC(C)(C)c1cc(CCC(=O)NCCCCCCNC(=O)CCc2cc(C(C)(C)C)c(O)c(C(C)(C)C)c2)cc(C(C)(C)C)c1O.CC(C)(C)c1cc(CCC(=O)NNC(=O)CCc2cc(C(C)(C)C)c(O)c(C(C)(C)C)c2)cc(C(C)(C)C)c1.CC(C)c1cc(Cn2c(=O)n(Cc3cc(C(C)(C)C)c(O)c(C(C)(C)C)c3)c(=O)n(Cc3cc(C(C)(C)C)c(O)c(C(C)(C)C)c3)c2=O)cc(C(C)(C)C)c1O. The van der Waals surface area contributed by atoms with Crippen molar-refractivity contribution in [2.75, 3.05) is 13.1 Å². The lowest BCUT2D eigenvalue weighted by atomic mass is 9.78. The third-order valence-electron chi connectivity index (χ3n) is 26.3. The normalized spacial score (nSPS) is 12.9. The van der Waals surface area contributed by atoms with Crippen LogP contribution in [0.2, 0.25) is 0 Å². The fraction of sp³-hybridized carbons (Fsp3) is 0.595. The third-order valence-corrected chi connectivity index (χ3v) is 26.3. The van der Waals surface area contributed by atoms with E-state index in [-0.39, 0.29) is 116 Å². The van der Waals surface area contributed by atoms with Gasteiger partial charge >= 0.3 is 17.1 Å². The number of nitrogens with one attached hydrogen (secondary N) is 4. The van der Waals surface area contributed by atoms with Crippen LogP contribution in [0, 0.1) is 0 Å². The maximum Gasteiger partial charge on any atom is 0.336 e. The number of aryl methyl sites for hydroxylation is 4. The summed E-state index contributed by atoms with van der Waals surface area (Å²) in [5, 5.41) is 73.1. The van der Waals surface area contributed by atoms with Crippen molar-refractivity contribution < 1.29 is 49.8 Å². The van der Waals surface area contributed by atoms with E-state index in [1.807, 2.05) is 166 Å². The lowest BCUT2D eigenvalue weighted by molar-refractivity contribution is -0.128. The second kappa shape index (κ2) is 45.3. The molecule has 20 heteroatoms. The van der Waals surface area contributed by atoms with Gasteiger partial charge in [0, 0.05) is 38.8 Å². The van der Waals surface area contributed by atoms with E-state index in [0.717, 1.165) is 95.0 Å². The number of phenolic OH excluding ortho intramolecular Hbond substituents is 6. The van der Waals surface area contributed by atoms with Gasteiger partial charge in [0.2, 0.25) is 23.6 Å². The Kier molecular flexibility index (Phi) is 38.3. The Labute approximate surface area is 847 Å². The molecule has 0 atom stereocenters. The molecular formula is C121H183N7O13. The van der Waals surface area contributed by atoms with Crippen LogP contribution in [0.1, 0.15) is 458 Å². The molecule has 0 aliphatic heterocycles. The zero-order valence-corrected chi connectivity index (χ0v) is 94.6. The van der Waals surface area contributed by atoms with Crippen LogP contribution in [-0.2, 0) is 135 Å². The summed E-state index contributed by atoms with van der Waals surface area (Å²) in [6.07, 6.45) is 7.58. The zero-order chi connectivity index (χ0) is 108. The Balaban J connectivity index is 0.000000330. The first-order chi connectivity index (χ1) is 63.8. The van der Waals surface area contributed by atoms with Gasteiger partial charge in [0.1, 0.15) is 34.5 Å². The van der Waals surface area contributed by atoms with Crippen LogP contribution >= 0.6 is 0 Å². The quantitative estimate of drug-likeness (QED) is 0.0178. The van der Waals surface area contributed by atoms with Crippen molar-refractivity contribution in [1.29, 1.82) is 0 Å². The molecule has 141 heavy (non-hydrogen) atoms. The van der Waals surface area contributed by atoms with Crippen LogP contribution in [0.5, 0.6) is 34.5 Å². The summed E-state index contributed by atoms with van der Waals surface area (Å²) in [4.78, 5) is 94.1. The van der Waals surface area contributed by atoms with Crippen molar-refractivity contribution >= 4 is 23.6 Å². The molecule has 0 saturated heterocycles. The summed E-state index contributed by atoms with van der Waals surface area (Å²) >= 11 is 0. The maximum atomic E-state index is 14.6. The van der Waals surface area contributed by atoms with Crippen molar-refractivity contribution in [3.63, 3.8) is 0 Å². The number of hydrogen-bond acceptors (Lipinski definition) is 13. The van der Waals surface area contributed by atoms with E-state index in [0.29, 0.717) is 125 Å².